The van der Waals surface area contributed by atoms with E-state index in [1.54, 1.807) is 27.3 Å². The minimum absolute atomic E-state index is 0.126. The molecule has 10 aromatic rings. The molecule has 0 saturated heterocycles. The number of nitrogens with zero attached hydrogens (tertiary/aromatic N) is 4. The third-order valence-corrected chi connectivity index (χ3v) is 10.8. The van der Waals surface area contributed by atoms with Gasteiger partial charge in [-0.3, -0.25) is 13.7 Å². The van der Waals surface area contributed by atoms with Gasteiger partial charge in [0, 0.05) is 23.0 Å². The summed E-state index contributed by atoms with van der Waals surface area (Å²) in [5.74, 6) is 2.37. The van der Waals surface area contributed by atoms with Gasteiger partial charge in [0.1, 0.15) is 17.3 Å². The predicted molar refractivity (Wildman–Crippen MR) is 236 cm³/mol. The maximum Gasteiger partial charge on any atom is 0.269 e. The molecule has 0 aliphatic rings. The van der Waals surface area contributed by atoms with Crippen LogP contribution in [0.15, 0.2) is 188 Å². The topological polar surface area (TPSA) is 35.9 Å². The number of benzene rings is 7. The molecule has 0 radical (unpaired) electrons. The highest BCUT2D eigenvalue weighted by Crippen LogP contribution is 2.37. The molecule has 3 aromatic heterocycles. The Morgan fingerprint density at radius 2 is 1.29 bits per heavy atom. The van der Waals surface area contributed by atoms with E-state index in [-0.39, 0.29) is 27.9 Å². The van der Waals surface area contributed by atoms with Crippen LogP contribution in [0.2, 0.25) is 0 Å². The number of para-hydroxylation sites is 4. The first-order valence-corrected chi connectivity index (χ1v) is 19.3. The molecule has 280 valence electrons. The smallest absolute Gasteiger partial charge is 0.269 e. The maximum absolute atomic E-state index is 9.00. The molecule has 10 rings (SSSR count). The van der Waals surface area contributed by atoms with Crippen LogP contribution < -0.4 is 9.30 Å². The van der Waals surface area contributed by atoms with E-state index in [0.717, 1.165) is 40.5 Å². The summed E-state index contributed by atoms with van der Waals surface area (Å²) < 4.78 is 99.1. The fourth-order valence-electron chi connectivity index (χ4n) is 8.03. The lowest BCUT2D eigenvalue weighted by Crippen LogP contribution is -2.31. The van der Waals surface area contributed by atoms with Crippen molar-refractivity contribution in [1.82, 2.24) is 14.1 Å². The van der Waals surface area contributed by atoms with E-state index in [0.29, 0.717) is 34.1 Å². The van der Waals surface area contributed by atoms with Gasteiger partial charge in [0.05, 0.1) is 47.1 Å². The van der Waals surface area contributed by atoms with Gasteiger partial charge in [-0.25, -0.2) is 4.98 Å². The van der Waals surface area contributed by atoms with Crippen LogP contribution in [0.3, 0.4) is 0 Å². The van der Waals surface area contributed by atoms with Crippen molar-refractivity contribution in [2.24, 2.45) is 0 Å². The van der Waals surface area contributed by atoms with E-state index in [1.807, 2.05) is 79.0 Å². The summed E-state index contributed by atoms with van der Waals surface area (Å²) in [6.45, 7) is 4.42. The van der Waals surface area contributed by atoms with E-state index < -0.39 is 60.4 Å². The molecule has 0 bridgehead atoms. The van der Waals surface area contributed by atoms with Crippen LogP contribution in [-0.4, -0.2) is 14.1 Å². The number of hydrogen-bond donors (Lipinski definition) is 0. The average molecular weight is 761 g/mol. The Bertz CT molecular complexity index is 3530. The number of imidazole rings is 1. The van der Waals surface area contributed by atoms with Gasteiger partial charge in [-0.2, -0.15) is 0 Å². The van der Waals surface area contributed by atoms with Crippen molar-refractivity contribution >= 4 is 32.8 Å². The summed E-state index contributed by atoms with van der Waals surface area (Å²) in [4.78, 5) is 4.85. The minimum atomic E-state index is -0.563. The Kier molecular flexibility index (Phi) is 6.69. The summed E-state index contributed by atoms with van der Waals surface area (Å²) in [6, 6.07) is 33.1. The second-order valence-electron chi connectivity index (χ2n) is 14.1. The van der Waals surface area contributed by atoms with Gasteiger partial charge < -0.3 is 4.74 Å². The largest absolute Gasteiger partial charge is 0.458 e. The van der Waals surface area contributed by atoms with Gasteiger partial charge in [-0.05, 0) is 95.1 Å². The van der Waals surface area contributed by atoms with Crippen LogP contribution >= 0.6 is 0 Å². The zero-order chi connectivity index (χ0) is 47.7. The third kappa shape index (κ3) is 6.22. The summed E-state index contributed by atoms with van der Waals surface area (Å²) >= 11 is 0. The van der Waals surface area contributed by atoms with Gasteiger partial charge >= 0.3 is 0 Å². The van der Waals surface area contributed by atoms with Crippen LogP contribution in [0.5, 0.6) is 11.5 Å². The normalized spacial score (nSPS) is 14.0. The SMILES string of the molecule is [2H]c1c([2H])c([2H])c(-c2cccc(-c3c([2H])c([2H])c([2H])c([2H])c3[2H])c2-[n+]2[c-]n(-c3cccc(Oc4ccc5c6ccccc6n(-c6cc(C(CC)CC)ccn6)c5c4)c3)c3ccccc32)c([2H])c1[2H]. The Balaban J connectivity index is 1.14. The fraction of sp³-hybridized carbons (Fsp3) is 0.0943. The van der Waals surface area contributed by atoms with Crippen LogP contribution in [0, 0.1) is 6.33 Å². The number of pyridine rings is 1. The molecule has 0 aliphatic heterocycles. The molecule has 0 atom stereocenters. The highest BCUT2D eigenvalue weighted by atomic mass is 16.5. The first kappa shape index (κ1) is 25.8. The molecule has 0 aliphatic carbocycles. The fourth-order valence-corrected chi connectivity index (χ4v) is 8.03. The molecule has 0 N–H and O–H groups in total. The van der Waals surface area contributed by atoms with Crippen molar-refractivity contribution in [3.63, 3.8) is 0 Å². The summed E-state index contributed by atoms with van der Waals surface area (Å²) in [5, 5.41) is 2.15. The van der Waals surface area contributed by atoms with Crippen molar-refractivity contribution < 1.29 is 23.0 Å². The summed E-state index contributed by atoms with van der Waals surface area (Å²) in [5.41, 5.74) is 5.33. The molecule has 0 spiro atoms. The molecular weight excluding hydrogens is 709 g/mol. The number of rotatable bonds is 10. The quantitative estimate of drug-likeness (QED) is 0.103. The molecule has 0 amide bonds. The zero-order valence-corrected chi connectivity index (χ0v) is 31.8. The van der Waals surface area contributed by atoms with Crippen LogP contribution in [0.1, 0.15) is 51.9 Å². The van der Waals surface area contributed by atoms with Gasteiger partial charge in [0.15, 0.2) is 0 Å². The van der Waals surface area contributed by atoms with E-state index in [2.05, 4.69) is 55.1 Å². The Hall–Kier alpha value is -7.24. The first-order chi connectivity index (χ1) is 32.8. The van der Waals surface area contributed by atoms with Gasteiger partial charge in [0.2, 0.25) is 0 Å². The Morgan fingerprint density at radius 3 is 2.03 bits per heavy atom. The van der Waals surface area contributed by atoms with E-state index in [9.17, 15) is 0 Å². The van der Waals surface area contributed by atoms with Crippen LogP contribution in [0.4, 0.5) is 0 Å². The zero-order valence-electron chi connectivity index (χ0n) is 41.8. The highest BCUT2D eigenvalue weighted by Gasteiger charge is 2.20. The Labute approximate surface area is 352 Å². The summed E-state index contributed by atoms with van der Waals surface area (Å²) in [7, 11) is 0. The van der Waals surface area contributed by atoms with Gasteiger partial charge in [-0.15, -0.1) is 0 Å². The van der Waals surface area contributed by atoms with Gasteiger partial charge in [-0.1, -0.05) is 141 Å². The van der Waals surface area contributed by atoms with Crippen molar-refractivity contribution in [2.45, 2.75) is 32.6 Å². The third-order valence-electron chi connectivity index (χ3n) is 10.8. The molecule has 58 heavy (non-hydrogen) atoms. The van der Waals surface area contributed by atoms with E-state index >= 15 is 0 Å². The average Bonchev–Trinajstić information content (AvgIpc) is 3.90. The first-order valence-electron chi connectivity index (χ1n) is 24.3. The van der Waals surface area contributed by atoms with Crippen molar-refractivity contribution in [3.05, 3.63) is 200 Å². The second-order valence-corrected chi connectivity index (χ2v) is 14.1. The molecule has 0 fully saturated rings. The molecule has 0 saturated carbocycles. The van der Waals surface area contributed by atoms with Gasteiger partial charge in [0.25, 0.3) is 6.33 Å². The molecule has 3 heterocycles. The number of ether oxygens (including phenoxy) is 1. The molecule has 7 aromatic carbocycles. The highest BCUT2D eigenvalue weighted by molar-refractivity contribution is 6.09. The van der Waals surface area contributed by atoms with Crippen molar-refractivity contribution in [2.75, 3.05) is 0 Å². The Morgan fingerprint density at radius 1 is 0.638 bits per heavy atom. The molecule has 5 heteroatoms. The number of aromatic nitrogens is 4. The number of hydrogen-bond acceptors (Lipinski definition) is 2. The standard InChI is InChI=1S/C53H42N4O/c1-3-37(4-2)40-31-32-54-52(33-40)57-48-26-12-11-23-46(48)47-30-29-43(35-51(47)57)58-42-22-15-21-41(34-42)55-36-56(50-28-14-13-27-49(50)55)53-44(38-17-7-5-8-18-38)24-16-25-45(53)39-19-9-6-10-20-39/h5-35,37H,3-4H2,1-2H3/i5D,6D,7D,8D,9D,10D,17D,18D,19D,20D. The lowest BCUT2D eigenvalue weighted by atomic mass is 9.95. The lowest BCUT2D eigenvalue weighted by Gasteiger charge is -2.17. The maximum atomic E-state index is 9.00. The van der Waals surface area contributed by atoms with E-state index in [4.69, 9.17) is 23.4 Å². The van der Waals surface area contributed by atoms with Crippen molar-refractivity contribution in [1.29, 1.82) is 0 Å². The van der Waals surface area contributed by atoms with E-state index in [1.165, 1.54) is 5.56 Å². The predicted octanol–water partition coefficient (Wildman–Crippen LogP) is 13.2. The van der Waals surface area contributed by atoms with Crippen LogP contribution in [-0.2, 0) is 0 Å². The molecule has 5 nitrogen and oxygen atoms in total. The summed E-state index contributed by atoms with van der Waals surface area (Å²) in [6.07, 6.45) is 7.38. The number of fused-ring (bicyclic) bond motifs is 4. The van der Waals surface area contributed by atoms with Crippen molar-refractivity contribution in [3.8, 4) is 50.9 Å². The molecule has 0 unspecified atom stereocenters. The lowest BCUT2D eigenvalue weighted by molar-refractivity contribution is -0.571. The molecular formula is C53H42N4O. The second kappa shape index (κ2) is 15.0. The van der Waals surface area contributed by atoms with Crippen LogP contribution in [0.25, 0.3) is 72.3 Å². The minimum Gasteiger partial charge on any atom is -0.458 e. The monoisotopic (exact) mass is 760 g/mol.